The minimum Gasteiger partial charge on any atom is -0.481 e. The molecule has 2 saturated carbocycles. The number of halogens is 1. The molecule has 2 aliphatic rings. The first-order valence-corrected chi connectivity index (χ1v) is 10.7. The minimum atomic E-state index is -0.829. The van der Waals surface area contributed by atoms with Gasteiger partial charge in [0.25, 0.3) is 0 Å². The fraction of sp³-hybridized carbons (Fsp3) is 0.400. The maximum Gasteiger partial charge on any atom is 0.309 e. The van der Waals surface area contributed by atoms with Crippen LogP contribution < -0.4 is 5.32 Å². The molecule has 0 spiro atoms. The zero-order chi connectivity index (χ0) is 22.0. The van der Waals surface area contributed by atoms with Gasteiger partial charge in [-0.1, -0.05) is 31.0 Å². The van der Waals surface area contributed by atoms with Gasteiger partial charge in [0, 0.05) is 0 Å². The third-order valence-electron chi connectivity index (χ3n) is 6.69. The number of nitrogens with one attached hydrogen (secondary N) is 1. The Morgan fingerprint density at radius 2 is 1.84 bits per heavy atom. The minimum absolute atomic E-state index is 0.0836. The molecule has 0 bridgehead atoms. The Bertz CT molecular complexity index is 1030. The van der Waals surface area contributed by atoms with E-state index in [-0.39, 0.29) is 17.5 Å². The van der Waals surface area contributed by atoms with Crippen LogP contribution in [0.1, 0.15) is 61.1 Å². The first kappa shape index (κ1) is 21.0. The monoisotopic (exact) mass is 420 g/mol. The molecule has 0 aromatic heterocycles. The van der Waals surface area contributed by atoms with Crippen LogP contribution in [-0.2, 0) is 16.0 Å². The van der Waals surface area contributed by atoms with Crippen molar-refractivity contribution in [3.05, 3.63) is 65.0 Å². The zero-order valence-electron chi connectivity index (χ0n) is 17.2. The number of nitrogens with zero attached hydrogens (tertiary/aromatic N) is 1. The molecule has 1 atom stereocenters. The molecule has 0 aliphatic heterocycles. The SMILES string of the molecule is N#Cc1ccc(C(C(=O)Nc2cc(CC3(C(=O)O)CC3)ccc2F)C2CCCC2)cc1. The lowest BCUT2D eigenvalue weighted by Crippen LogP contribution is -2.27. The summed E-state index contributed by atoms with van der Waals surface area (Å²) in [6, 6.07) is 13.5. The number of hydrogen-bond acceptors (Lipinski definition) is 3. The number of carboxylic acids is 1. The summed E-state index contributed by atoms with van der Waals surface area (Å²) >= 11 is 0. The van der Waals surface area contributed by atoms with Crippen LogP contribution in [0.2, 0.25) is 0 Å². The molecule has 0 saturated heterocycles. The largest absolute Gasteiger partial charge is 0.481 e. The normalized spacial score (nSPS) is 18.2. The lowest BCUT2D eigenvalue weighted by Gasteiger charge is -2.23. The molecule has 1 amide bonds. The quantitative estimate of drug-likeness (QED) is 0.658. The highest BCUT2D eigenvalue weighted by molar-refractivity contribution is 5.96. The van der Waals surface area contributed by atoms with Crippen LogP contribution in [0.15, 0.2) is 42.5 Å². The molecular weight excluding hydrogens is 395 g/mol. The molecule has 2 fully saturated rings. The van der Waals surface area contributed by atoms with Gasteiger partial charge in [0.05, 0.1) is 28.7 Å². The average Bonchev–Trinajstić information content (AvgIpc) is 3.35. The predicted octanol–water partition coefficient (Wildman–Crippen LogP) is 5.02. The Labute approximate surface area is 180 Å². The van der Waals surface area contributed by atoms with Gasteiger partial charge >= 0.3 is 5.97 Å². The van der Waals surface area contributed by atoms with Crippen molar-refractivity contribution in [1.29, 1.82) is 5.26 Å². The number of carbonyl (C=O) groups excluding carboxylic acids is 1. The van der Waals surface area contributed by atoms with Crippen LogP contribution in [0, 0.1) is 28.5 Å². The van der Waals surface area contributed by atoms with E-state index in [0.29, 0.717) is 30.4 Å². The zero-order valence-corrected chi connectivity index (χ0v) is 17.2. The van der Waals surface area contributed by atoms with Crippen molar-refractivity contribution in [2.75, 3.05) is 5.32 Å². The second-order valence-corrected chi connectivity index (χ2v) is 8.82. The van der Waals surface area contributed by atoms with Crippen LogP contribution in [-0.4, -0.2) is 17.0 Å². The Morgan fingerprint density at radius 1 is 1.16 bits per heavy atom. The van der Waals surface area contributed by atoms with Crippen molar-refractivity contribution < 1.29 is 19.1 Å². The third kappa shape index (κ3) is 4.46. The second kappa shape index (κ2) is 8.50. The second-order valence-electron chi connectivity index (χ2n) is 8.82. The van der Waals surface area contributed by atoms with Gasteiger partial charge in [-0.25, -0.2) is 4.39 Å². The van der Waals surface area contributed by atoms with E-state index >= 15 is 0 Å². The number of carbonyl (C=O) groups is 2. The number of nitriles is 1. The van der Waals surface area contributed by atoms with Gasteiger partial charge in [0.2, 0.25) is 5.91 Å². The maximum atomic E-state index is 14.5. The van der Waals surface area contributed by atoms with Crippen LogP contribution >= 0.6 is 0 Å². The van der Waals surface area contributed by atoms with Gasteiger partial charge < -0.3 is 10.4 Å². The molecule has 6 heteroatoms. The van der Waals surface area contributed by atoms with Gasteiger partial charge in [-0.2, -0.15) is 5.26 Å². The fourth-order valence-electron chi connectivity index (χ4n) is 4.69. The number of hydrogen-bond donors (Lipinski definition) is 2. The highest BCUT2D eigenvalue weighted by Gasteiger charge is 2.50. The average molecular weight is 420 g/mol. The van der Waals surface area contributed by atoms with Gasteiger partial charge in [-0.05, 0) is 73.4 Å². The smallest absolute Gasteiger partial charge is 0.309 e. The van der Waals surface area contributed by atoms with E-state index in [2.05, 4.69) is 11.4 Å². The lowest BCUT2D eigenvalue weighted by atomic mass is 9.83. The standard InChI is InChI=1S/C25H25FN2O3/c26-20-10-7-17(14-25(11-12-25)24(30)31)13-21(20)28-23(29)22(18-3-1-2-4-18)19-8-5-16(15-27)6-9-19/h5-10,13,18,22H,1-4,11-12,14H2,(H,28,29)(H,30,31). The highest BCUT2D eigenvalue weighted by Crippen LogP contribution is 2.49. The van der Waals surface area contributed by atoms with E-state index in [1.807, 2.05) is 0 Å². The predicted molar refractivity (Wildman–Crippen MR) is 114 cm³/mol. The van der Waals surface area contributed by atoms with E-state index in [1.165, 1.54) is 6.07 Å². The summed E-state index contributed by atoms with van der Waals surface area (Å²) in [6.07, 6.45) is 5.54. The number of rotatable bonds is 7. The number of carboxylic acid groups (broad SMARTS) is 1. The third-order valence-corrected chi connectivity index (χ3v) is 6.69. The summed E-state index contributed by atoms with van der Waals surface area (Å²) in [7, 11) is 0. The van der Waals surface area contributed by atoms with Crippen molar-refractivity contribution in [2.24, 2.45) is 11.3 Å². The molecule has 31 heavy (non-hydrogen) atoms. The molecule has 4 rings (SSSR count). The molecular formula is C25H25FN2O3. The van der Waals surface area contributed by atoms with Crippen LogP contribution in [0.4, 0.5) is 10.1 Å². The molecule has 0 radical (unpaired) electrons. The van der Waals surface area contributed by atoms with Crippen molar-refractivity contribution in [3.63, 3.8) is 0 Å². The van der Waals surface area contributed by atoms with Gasteiger partial charge in [0.1, 0.15) is 5.82 Å². The Morgan fingerprint density at radius 3 is 2.42 bits per heavy atom. The number of amides is 1. The van der Waals surface area contributed by atoms with Crippen molar-refractivity contribution >= 4 is 17.6 Å². The Balaban J connectivity index is 1.57. The van der Waals surface area contributed by atoms with Crippen molar-refractivity contribution in [1.82, 2.24) is 0 Å². The summed E-state index contributed by atoms with van der Waals surface area (Å²) in [5.74, 6) is -1.90. The van der Waals surface area contributed by atoms with E-state index in [9.17, 15) is 19.1 Å². The van der Waals surface area contributed by atoms with Crippen LogP contribution in [0.3, 0.4) is 0 Å². The fourth-order valence-corrected chi connectivity index (χ4v) is 4.69. The topological polar surface area (TPSA) is 90.2 Å². The number of aliphatic carboxylic acids is 1. The Kier molecular flexibility index (Phi) is 5.77. The molecule has 2 aromatic carbocycles. The molecule has 1 unspecified atom stereocenters. The van der Waals surface area contributed by atoms with E-state index in [0.717, 1.165) is 31.2 Å². The van der Waals surface area contributed by atoms with Crippen molar-refractivity contribution in [3.8, 4) is 6.07 Å². The van der Waals surface area contributed by atoms with E-state index in [4.69, 9.17) is 5.26 Å². The number of benzene rings is 2. The molecule has 2 aliphatic carbocycles. The summed E-state index contributed by atoms with van der Waals surface area (Å²) < 4.78 is 14.5. The summed E-state index contributed by atoms with van der Waals surface area (Å²) in [6.45, 7) is 0. The summed E-state index contributed by atoms with van der Waals surface area (Å²) in [4.78, 5) is 24.8. The highest BCUT2D eigenvalue weighted by atomic mass is 19.1. The molecule has 2 N–H and O–H groups in total. The van der Waals surface area contributed by atoms with Crippen LogP contribution in [0.5, 0.6) is 0 Å². The molecule has 0 heterocycles. The van der Waals surface area contributed by atoms with Gasteiger partial charge in [0.15, 0.2) is 0 Å². The Hall–Kier alpha value is -3.20. The maximum absolute atomic E-state index is 14.5. The molecule has 5 nitrogen and oxygen atoms in total. The van der Waals surface area contributed by atoms with Gasteiger partial charge in [-0.3, -0.25) is 9.59 Å². The van der Waals surface area contributed by atoms with Crippen LogP contribution in [0.25, 0.3) is 0 Å². The first-order chi connectivity index (χ1) is 14.9. The lowest BCUT2D eigenvalue weighted by molar-refractivity contribution is -0.143. The van der Waals surface area contributed by atoms with Crippen molar-refractivity contribution in [2.45, 2.75) is 50.9 Å². The first-order valence-electron chi connectivity index (χ1n) is 10.7. The number of anilines is 1. The summed E-state index contributed by atoms with van der Waals surface area (Å²) in [5.41, 5.74) is 1.38. The molecule has 2 aromatic rings. The van der Waals surface area contributed by atoms with E-state index < -0.39 is 23.1 Å². The van der Waals surface area contributed by atoms with Gasteiger partial charge in [-0.15, -0.1) is 0 Å². The molecule has 160 valence electrons. The van der Waals surface area contributed by atoms with E-state index in [1.54, 1.807) is 36.4 Å². The summed E-state index contributed by atoms with van der Waals surface area (Å²) in [5, 5.41) is 21.2.